The van der Waals surface area contributed by atoms with Gasteiger partial charge in [-0.25, -0.2) is 0 Å². The van der Waals surface area contributed by atoms with Gasteiger partial charge in [-0.15, -0.1) is 0 Å². The molecule has 1 N–H and O–H groups in total. The van der Waals surface area contributed by atoms with Crippen LogP contribution in [0.4, 0.5) is 0 Å². The minimum atomic E-state index is -0.0663. The van der Waals surface area contributed by atoms with Crippen molar-refractivity contribution in [1.29, 1.82) is 0 Å². The molecule has 4 heteroatoms. The maximum absolute atomic E-state index is 12.6. The van der Waals surface area contributed by atoms with Gasteiger partial charge in [-0.3, -0.25) is 4.79 Å². The van der Waals surface area contributed by atoms with Gasteiger partial charge in [0, 0.05) is 31.6 Å². The van der Waals surface area contributed by atoms with Crippen molar-refractivity contribution >= 4 is 5.91 Å². The number of fused-ring (bicyclic) bond motifs is 1. The van der Waals surface area contributed by atoms with Crippen LogP contribution in [-0.2, 0) is 4.79 Å². The number of nitrogens with zero attached hydrogens (tertiary/aromatic N) is 2. The summed E-state index contributed by atoms with van der Waals surface area (Å²) in [7, 11) is 2.21. The quantitative estimate of drug-likeness (QED) is 0.815. The summed E-state index contributed by atoms with van der Waals surface area (Å²) in [6, 6.07) is 0. The lowest BCUT2D eigenvalue weighted by Gasteiger charge is -2.46. The molecule has 2 spiro atoms. The highest BCUT2D eigenvalue weighted by molar-refractivity contribution is 5.86. The van der Waals surface area contributed by atoms with E-state index in [4.69, 9.17) is 0 Å². The lowest BCUT2D eigenvalue weighted by molar-refractivity contribution is -0.134. The van der Waals surface area contributed by atoms with Crippen molar-refractivity contribution in [3.05, 3.63) is 0 Å². The molecule has 0 aromatic heterocycles. The van der Waals surface area contributed by atoms with E-state index in [1.165, 1.54) is 38.8 Å². The predicted octanol–water partition coefficient (Wildman–Crippen LogP) is 0.930. The molecule has 0 bridgehead atoms. The Bertz CT molecular complexity index is 412. The molecular weight excluding hydrogens is 250 g/mol. The second-order valence-electron chi connectivity index (χ2n) is 7.78. The van der Waals surface area contributed by atoms with Crippen LogP contribution < -0.4 is 5.32 Å². The summed E-state index contributed by atoms with van der Waals surface area (Å²) in [5.41, 5.74) is 0.193. The average Bonchev–Trinajstić information content (AvgIpc) is 3.08. The number of hydrogen-bond donors (Lipinski definition) is 1. The minimum Gasteiger partial charge on any atom is -0.356 e. The molecular formula is C16H27N3O. The molecule has 0 aromatic carbocycles. The monoisotopic (exact) mass is 277 g/mol. The van der Waals surface area contributed by atoms with Crippen LogP contribution in [0.2, 0.25) is 0 Å². The van der Waals surface area contributed by atoms with Crippen molar-refractivity contribution in [1.82, 2.24) is 15.1 Å². The molecule has 1 atom stereocenters. The first kappa shape index (κ1) is 13.1. The number of rotatable bonds is 2. The first-order valence-electron chi connectivity index (χ1n) is 8.33. The maximum Gasteiger partial charge on any atom is 0.228 e. The van der Waals surface area contributed by atoms with Gasteiger partial charge in [-0.05, 0) is 58.2 Å². The summed E-state index contributed by atoms with van der Waals surface area (Å²) in [4.78, 5) is 17.7. The van der Waals surface area contributed by atoms with E-state index in [0.29, 0.717) is 5.91 Å². The van der Waals surface area contributed by atoms with Crippen molar-refractivity contribution in [3.8, 4) is 0 Å². The van der Waals surface area contributed by atoms with Gasteiger partial charge >= 0.3 is 0 Å². The van der Waals surface area contributed by atoms with Gasteiger partial charge in [0.25, 0.3) is 0 Å². The molecule has 4 aliphatic rings. The molecule has 4 rings (SSSR count). The molecule has 3 aliphatic heterocycles. The fourth-order valence-corrected chi connectivity index (χ4v) is 4.99. The van der Waals surface area contributed by atoms with E-state index >= 15 is 0 Å². The van der Waals surface area contributed by atoms with Crippen LogP contribution in [0.3, 0.4) is 0 Å². The van der Waals surface area contributed by atoms with Crippen molar-refractivity contribution in [2.75, 3.05) is 46.3 Å². The van der Waals surface area contributed by atoms with Gasteiger partial charge in [0.15, 0.2) is 0 Å². The number of piperidine rings is 1. The normalized spacial score (nSPS) is 38.0. The summed E-state index contributed by atoms with van der Waals surface area (Å²) in [6.45, 7) is 6.66. The number of carbonyl (C=O) groups is 1. The van der Waals surface area contributed by atoms with E-state index in [1.807, 2.05) is 0 Å². The largest absolute Gasteiger partial charge is 0.356 e. The Balaban J connectivity index is 1.61. The van der Waals surface area contributed by atoms with Crippen molar-refractivity contribution < 1.29 is 4.79 Å². The van der Waals surface area contributed by atoms with E-state index in [1.54, 1.807) is 0 Å². The number of carbonyl (C=O) groups excluding carboxylic acids is 1. The Labute approximate surface area is 121 Å². The fraction of sp³-hybridized carbons (Fsp3) is 0.938. The number of hydrogen-bond acceptors (Lipinski definition) is 3. The van der Waals surface area contributed by atoms with Crippen LogP contribution in [0.15, 0.2) is 0 Å². The van der Waals surface area contributed by atoms with Crippen LogP contribution in [-0.4, -0.2) is 62.0 Å². The van der Waals surface area contributed by atoms with E-state index in [2.05, 4.69) is 22.2 Å². The number of likely N-dealkylation sites (tertiary alicyclic amines) is 2. The van der Waals surface area contributed by atoms with Gasteiger partial charge in [0.1, 0.15) is 0 Å². The third kappa shape index (κ3) is 1.84. The third-order valence-electron chi connectivity index (χ3n) is 6.46. The SMILES string of the molecule is CN1CCC2(CC1)CN(CC1CC1)CC21CCNC1=O. The Morgan fingerprint density at radius 3 is 2.55 bits per heavy atom. The average molecular weight is 277 g/mol. The number of amides is 1. The van der Waals surface area contributed by atoms with Crippen molar-refractivity contribution in [3.63, 3.8) is 0 Å². The molecule has 1 saturated carbocycles. The minimum absolute atomic E-state index is 0.0663. The van der Waals surface area contributed by atoms with Crippen LogP contribution in [0, 0.1) is 16.7 Å². The van der Waals surface area contributed by atoms with Gasteiger partial charge in [-0.1, -0.05) is 0 Å². The van der Waals surface area contributed by atoms with E-state index in [9.17, 15) is 4.79 Å². The second kappa shape index (κ2) is 4.44. The zero-order valence-electron chi connectivity index (χ0n) is 12.7. The first-order chi connectivity index (χ1) is 9.64. The molecule has 0 aromatic rings. The summed E-state index contributed by atoms with van der Waals surface area (Å²) in [5, 5.41) is 3.15. The molecule has 3 saturated heterocycles. The molecule has 3 heterocycles. The Hall–Kier alpha value is -0.610. The lowest BCUT2D eigenvalue weighted by Crippen LogP contribution is -2.51. The molecule has 0 radical (unpaired) electrons. The van der Waals surface area contributed by atoms with Crippen molar-refractivity contribution in [2.24, 2.45) is 16.7 Å². The Morgan fingerprint density at radius 1 is 1.20 bits per heavy atom. The van der Waals surface area contributed by atoms with Crippen LogP contribution in [0.5, 0.6) is 0 Å². The molecule has 4 fully saturated rings. The molecule has 1 amide bonds. The van der Waals surface area contributed by atoms with Crippen molar-refractivity contribution in [2.45, 2.75) is 32.1 Å². The molecule has 20 heavy (non-hydrogen) atoms. The summed E-state index contributed by atoms with van der Waals surface area (Å²) in [5.74, 6) is 1.29. The standard InChI is InChI=1S/C16H27N3O/c1-18-8-5-15(6-9-18)11-19(10-13-2-3-13)12-16(15)4-7-17-14(16)20/h13H,2-12H2,1H3,(H,17,20). The van der Waals surface area contributed by atoms with Gasteiger partial charge in [-0.2, -0.15) is 0 Å². The van der Waals surface area contributed by atoms with Crippen LogP contribution >= 0.6 is 0 Å². The third-order valence-corrected chi connectivity index (χ3v) is 6.46. The summed E-state index contributed by atoms with van der Waals surface area (Å²) in [6.07, 6.45) is 6.30. The van der Waals surface area contributed by atoms with Gasteiger partial charge < -0.3 is 15.1 Å². The fourth-order valence-electron chi connectivity index (χ4n) is 4.99. The highest BCUT2D eigenvalue weighted by Crippen LogP contribution is 2.56. The summed E-state index contributed by atoms with van der Waals surface area (Å²) < 4.78 is 0. The van der Waals surface area contributed by atoms with E-state index in [-0.39, 0.29) is 10.8 Å². The van der Waals surface area contributed by atoms with Crippen LogP contribution in [0.1, 0.15) is 32.1 Å². The highest BCUT2D eigenvalue weighted by Gasteiger charge is 2.63. The first-order valence-corrected chi connectivity index (χ1v) is 8.33. The topological polar surface area (TPSA) is 35.6 Å². The lowest BCUT2D eigenvalue weighted by atomic mass is 9.60. The van der Waals surface area contributed by atoms with Gasteiger partial charge in [0.2, 0.25) is 5.91 Å². The summed E-state index contributed by atoms with van der Waals surface area (Å²) >= 11 is 0. The number of nitrogens with one attached hydrogen (secondary N) is 1. The molecule has 1 aliphatic carbocycles. The smallest absolute Gasteiger partial charge is 0.228 e. The van der Waals surface area contributed by atoms with Gasteiger partial charge in [0.05, 0.1) is 5.41 Å². The molecule has 4 nitrogen and oxygen atoms in total. The second-order valence-corrected chi connectivity index (χ2v) is 7.78. The van der Waals surface area contributed by atoms with Crippen LogP contribution in [0.25, 0.3) is 0 Å². The van der Waals surface area contributed by atoms with E-state index < -0.39 is 0 Å². The maximum atomic E-state index is 12.6. The zero-order chi connectivity index (χ0) is 13.8. The Kier molecular flexibility index (Phi) is 2.90. The predicted molar refractivity (Wildman–Crippen MR) is 78.4 cm³/mol. The molecule has 112 valence electrons. The Morgan fingerprint density at radius 2 is 1.95 bits per heavy atom. The van der Waals surface area contributed by atoms with E-state index in [0.717, 1.165) is 38.5 Å². The molecule has 1 unspecified atom stereocenters. The highest BCUT2D eigenvalue weighted by atomic mass is 16.2. The zero-order valence-corrected chi connectivity index (χ0v) is 12.7.